The monoisotopic (exact) mass is 212 g/mol. The second kappa shape index (κ2) is 6.15. The zero-order valence-electron chi connectivity index (χ0n) is 8.93. The highest BCUT2D eigenvalue weighted by molar-refractivity contribution is 5.38. The van der Waals surface area contributed by atoms with Crippen molar-refractivity contribution in [2.45, 2.75) is 6.10 Å². The summed E-state index contributed by atoms with van der Waals surface area (Å²) in [5.41, 5.74) is 5.49. The van der Waals surface area contributed by atoms with Gasteiger partial charge in [-0.2, -0.15) is 0 Å². The lowest BCUT2D eigenvalue weighted by molar-refractivity contribution is 0.0365. The average Bonchev–Trinajstić information content (AvgIpc) is 2.24. The van der Waals surface area contributed by atoms with E-state index in [4.69, 9.17) is 15.2 Å². The number of rotatable bonds is 6. The third-order valence-corrected chi connectivity index (χ3v) is 1.85. The van der Waals surface area contributed by atoms with E-state index in [9.17, 15) is 0 Å². The Morgan fingerprint density at radius 2 is 2.27 bits per heavy atom. The summed E-state index contributed by atoms with van der Waals surface area (Å²) in [6.07, 6.45) is 3.09. The molecule has 1 rings (SSSR count). The van der Waals surface area contributed by atoms with Crippen LogP contribution in [0.15, 0.2) is 12.4 Å². The maximum absolute atomic E-state index is 5.49. The molecule has 0 radical (unpaired) electrons. The first-order chi connectivity index (χ1) is 7.26. The lowest BCUT2D eigenvalue weighted by Crippen LogP contribution is -2.26. The van der Waals surface area contributed by atoms with Crippen LogP contribution in [0.5, 0.6) is 0 Å². The third-order valence-electron chi connectivity index (χ3n) is 1.85. The van der Waals surface area contributed by atoms with Gasteiger partial charge in [0.2, 0.25) is 0 Å². The Morgan fingerprint density at radius 3 is 2.87 bits per heavy atom. The van der Waals surface area contributed by atoms with Crippen LogP contribution in [0.2, 0.25) is 0 Å². The molecule has 0 aliphatic heterocycles. The van der Waals surface area contributed by atoms with Crippen LogP contribution in [0, 0.1) is 0 Å². The van der Waals surface area contributed by atoms with Crippen LogP contribution in [-0.4, -0.2) is 43.4 Å². The molecule has 3 N–H and O–H groups in total. The first kappa shape index (κ1) is 11.7. The van der Waals surface area contributed by atoms with Crippen molar-refractivity contribution in [1.82, 2.24) is 9.97 Å². The van der Waals surface area contributed by atoms with E-state index in [0.29, 0.717) is 24.8 Å². The number of aromatic nitrogens is 2. The van der Waals surface area contributed by atoms with Crippen molar-refractivity contribution in [1.29, 1.82) is 0 Å². The van der Waals surface area contributed by atoms with Gasteiger partial charge in [0.25, 0.3) is 0 Å². The van der Waals surface area contributed by atoms with Gasteiger partial charge >= 0.3 is 0 Å². The van der Waals surface area contributed by atoms with Crippen LogP contribution < -0.4 is 11.1 Å². The van der Waals surface area contributed by atoms with Crippen molar-refractivity contribution in [3.05, 3.63) is 12.4 Å². The van der Waals surface area contributed by atoms with Gasteiger partial charge in [-0.25, -0.2) is 4.98 Å². The summed E-state index contributed by atoms with van der Waals surface area (Å²) in [5, 5.41) is 3.06. The molecule has 0 amide bonds. The van der Waals surface area contributed by atoms with E-state index in [1.165, 1.54) is 6.20 Å². The molecule has 0 bridgehead atoms. The highest BCUT2D eigenvalue weighted by atomic mass is 16.5. The maximum atomic E-state index is 5.49. The fourth-order valence-corrected chi connectivity index (χ4v) is 1.08. The molecule has 0 fully saturated rings. The fraction of sp³-hybridized carbons (Fsp3) is 0.556. The molecule has 0 spiro atoms. The summed E-state index contributed by atoms with van der Waals surface area (Å²) in [7, 11) is 3.27. The van der Waals surface area contributed by atoms with Gasteiger partial charge in [0, 0.05) is 20.8 Å². The first-order valence-corrected chi connectivity index (χ1v) is 4.59. The number of methoxy groups -OCH3 is 2. The van der Waals surface area contributed by atoms with Crippen LogP contribution in [0.25, 0.3) is 0 Å². The van der Waals surface area contributed by atoms with Crippen LogP contribution in [0.3, 0.4) is 0 Å². The second-order valence-electron chi connectivity index (χ2n) is 3.02. The quantitative estimate of drug-likeness (QED) is 0.697. The summed E-state index contributed by atoms with van der Waals surface area (Å²) in [5.74, 6) is 1.02. The summed E-state index contributed by atoms with van der Waals surface area (Å²) in [6.45, 7) is 1.13. The van der Waals surface area contributed by atoms with E-state index in [1.807, 2.05) is 0 Å². The van der Waals surface area contributed by atoms with Crippen LogP contribution >= 0.6 is 0 Å². The zero-order valence-corrected chi connectivity index (χ0v) is 8.93. The Morgan fingerprint density at radius 1 is 1.47 bits per heavy atom. The lowest BCUT2D eigenvalue weighted by Gasteiger charge is -2.15. The van der Waals surface area contributed by atoms with Gasteiger partial charge in [0.15, 0.2) is 0 Å². The molecule has 1 aromatic rings. The number of hydrogen-bond donors (Lipinski definition) is 2. The van der Waals surface area contributed by atoms with Crippen molar-refractivity contribution >= 4 is 11.6 Å². The summed E-state index contributed by atoms with van der Waals surface area (Å²) < 4.78 is 10.2. The molecule has 0 saturated heterocycles. The molecule has 0 aliphatic rings. The van der Waals surface area contributed by atoms with Gasteiger partial charge in [-0.05, 0) is 0 Å². The summed E-state index contributed by atoms with van der Waals surface area (Å²) in [6, 6.07) is 0. The molecule has 84 valence electrons. The summed E-state index contributed by atoms with van der Waals surface area (Å²) >= 11 is 0. The summed E-state index contributed by atoms with van der Waals surface area (Å²) in [4.78, 5) is 7.96. The zero-order chi connectivity index (χ0) is 11.1. The van der Waals surface area contributed by atoms with Gasteiger partial charge in [0.1, 0.15) is 11.6 Å². The predicted octanol–water partition coefficient (Wildman–Crippen LogP) is 0.132. The maximum Gasteiger partial charge on any atom is 0.147 e. The third kappa shape index (κ3) is 4.09. The average molecular weight is 212 g/mol. The molecule has 1 heterocycles. The molecular weight excluding hydrogens is 196 g/mol. The number of hydrogen-bond acceptors (Lipinski definition) is 6. The number of anilines is 2. The van der Waals surface area contributed by atoms with Gasteiger partial charge in [-0.1, -0.05) is 0 Å². The van der Waals surface area contributed by atoms with Crippen molar-refractivity contribution in [2.75, 3.05) is 38.4 Å². The smallest absolute Gasteiger partial charge is 0.147 e. The molecule has 6 heteroatoms. The number of ether oxygens (including phenoxy) is 2. The Labute approximate surface area is 88.8 Å². The normalized spacial score (nSPS) is 12.4. The molecule has 6 nitrogen and oxygen atoms in total. The Kier molecular flexibility index (Phi) is 4.79. The van der Waals surface area contributed by atoms with Crippen molar-refractivity contribution < 1.29 is 9.47 Å². The van der Waals surface area contributed by atoms with E-state index < -0.39 is 0 Å². The second-order valence-corrected chi connectivity index (χ2v) is 3.02. The van der Waals surface area contributed by atoms with Crippen LogP contribution in [0.4, 0.5) is 11.6 Å². The minimum atomic E-state index is -0.0155. The minimum Gasteiger partial charge on any atom is -0.382 e. The molecule has 0 aliphatic carbocycles. The van der Waals surface area contributed by atoms with Gasteiger partial charge in [-0.3, -0.25) is 4.98 Å². The van der Waals surface area contributed by atoms with E-state index in [2.05, 4.69) is 15.3 Å². The highest BCUT2D eigenvalue weighted by Crippen LogP contribution is 2.03. The lowest BCUT2D eigenvalue weighted by atomic mass is 10.3. The van der Waals surface area contributed by atoms with Gasteiger partial charge in [-0.15, -0.1) is 0 Å². The number of nitrogen functional groups attached to an aromatic ring is 1. The first-order valence-electron chi connectivity index (χ1n) is 4.59. The Bertz CT molecular complexity index is 295. The number of nitrogens with zero attached hydrogens (tertiary/aromatic N) is 2. The standard InChI is InChI=1S/C9H16N4O2/c1-14-6-7(15-2)3-12-9-5-11-4-8(10)13-9/h4-5,7H,3,6H2,1-2H3,(H3,10,12,13). The van der Waals surface area contributed by atoms with Crippen molar-refractivity contribution in [3.8, 4) is 0 Å². The van der Waals surface area contributed by atoms with Gasteiger partial charge in [0.05, 0.1) is 25.1 Å². The highest BCUT2D eigenvalue weighted by Gasteiger charge is 2.06. The SMILES string of the molecule is COCC(CNc1cncc(N)n1)OC. The molecule has 0 saturated carbocycles. The van der Waals surface area contributed by atoms with Crippen molar-refractivity contribution in [3.63, 3.8) is 0 Å². The topological polar surface area (TPSA) is 82.3 Å². The molecule has 0 aromatic carbocycles. The van der Waals surface area contributed by atoms with E-state index in [1.54, 1.807) is 20.4 Å². The van der Waals surface area contributed by atoms with Gasteiger partial charge < -0.3 is 20.5 Å². The molecule has 15 heavy (non-hydrogen) atoms. The van der Waals surface area contributed by atoms with Crippen LogP contribution in [0.1, 0.15) is 0 Å². The number of nitrogens with two attached hydrogens (primary N) is 1. The van der Waals surface area contributed by atoms with Crippen LogP contribution in [-0.2, 0) is 9.47 Å². The largest absolute Gasteiger partial charge is 0.382 e. The van der Waals surface area contributed by atoms with E-state index >= 15 is 0 Å². The minimum absolute atomic E-state index is 0.0155. The molecule has 1 aromatic heterocycles. The Balaban J connectivity index is 2.41. The fourth-order valence-electron chi connectivity index (χ4n) is 1.08. The van der Waals surface area contributed by atoms with Crippen molar-refractivity contribution in [2.24, 2.45) is 0 Å². The molecule has 1 atom stereocenters. The Hall–Kier alpha value is -1.40. The van der Waals surface area contributed by atoms with E-state index in [0.717, 1.165) is 0 Å². The molecule has 1 unspecified atom stereocenters. The molecular formula is C9H16N4O2. The van der Waals surface area contributed by atoms with E-state index in [-0.39, 0.29) is 6.10 Å². The number of nitrogens with one attached hydrogen (secondary N) is 1. The predicted molar refractivity (Wildman–Crippen MR) is 57.6 cm³/mol.